The second-order valence-corrected chi connectivity index (χ2v) is 8.96. The van der Waals surface area contributed by atoms with E-state index in [0.717, 1.165) is 31.9 Å². The molecule has 1 aliphatic carbocycles. The number of carbonyl (C=O) groups is 1. The molecule has 0 spiro atoms. The first-order valence-corrected chi connectivity index (χ1v) is 11.0. The van der Waals surface area contributed by atoms with E-state index in [0.29, 0.717) is 12.5 Å². The third-order valence-corrected chi connectivity index (χ3v) is 6.93. The highest BCUT2D eigenvalue weighted by Gasteiger charge is 2.42. The molecular formula is C20H36N4O3. The highest BCUT2D eigenvalue weighted by molar-refractivity contribution is 5.82. The van der Waals surface area contributed by atoms with Crippen LogP contribution in [0.4, 0.5) is 0 Å². The molecular weight excluding hydrogens is 344 g/mol. The molecule has 3 heterocycles. The maximum atomic E-state index is 12.8. The van der Waals surface area contributed by atoms with Crippen LogP contribution in [-0.2, 0) is 14.4 Å². The van der Waals surface area contributed by atoms with Crippen molar-refractivity contribution in [1.29, 1.82) is 0 Å². The van der Waals surface area contributed by atoms with Crippen molar-refractivity contribution in [2.24, 2.45) is 5.92 Å². The number of carbonyl (C=O) groups excluding carboxylic acids is 1. The SMILES string of the molecule is CC1NN(CC2CCCCC2)C(C)C1NC(=O)C1CC(C2CCCO2)ON1. The minimum absolute atomic E-state index is 0.0115. The summed E-state index contributed by atoms with van der Waals surface area (Å²) in [5.41, 5.74) is 6.54. The van der Waals surface area contributed by atoms with Crippen LogP contribution in [0, 0.1) is 5.92 Å². The summed E-state index contributed by atoms with van der Waals surface area (Å²) in [7, 11) is 0. The van der Waals surface area contributed by atoms with Crippen LogP contribution in [0.3, 0.4) is 0 Å². The van der Waals surface area contributed by atoms with Gasteiger partial charge >= 0.3 is 0 Å². The topological polar surface area (TPSA) is 74.9 Å². The Morgan fingerprint density at radius 3 is 2.67 bits per heavy atom. The molecule has 0 bridgehead atoms. The van der Waals surface area contributed by atoms with Gasteiger partial charge in [0.2, 0.25) is 5.91 Å². The number of hydrogen-bond donors (Lipinski definition) is 3. The first-order valence-electron chi connectivity index (χ1n) is 11.0. The lowest BCUT2D eigenvalue weighted by Crippen LogP contribution is -2.52. The molecule has 3 aliphatic heterocycles. The molecule has 0 aromatic carbocycles. The summed E-state index contributed by atoms with van der Waals surface area (Å²) < 4.78 is 5.71. The number of nitrogens with zero attached hydrogens (tertiary/aromatic N) is 1. The molecule has 4 rings (SSSR count). The Kier molecular flexibility index (Phi) is 6.34. The van der Waals surface area contributed by atoms with Gasteiger partial charge in [0.25, 0.3) is 0 Å². The fraction of sp³-hybridized carbons (Fsp3) is 0.950. The van der Waals surface area contributed by atoms with Crippen LogP contribution in [0.25, 0.3) is 0 Å². The summed E-state index contributed by atoms with van der Waals surface area (Å²) in [6.07, 6.45) is 9.70. The minimum Gasteiger partial charge on any atom is -0.375 e. The monoisotopic (exact) mass is 380 g/mol. The first kappa shape index (κ1) is 19.6. The molecule has 7 nitrogen and oxygen atoms in total. The molecule has 7 heteroatoms. The third kappa shape index (κ3) is 4.48. The fourth-order valence-electron chi connectivity index (χ4n) is 5.23. The quantitative estimate of drug-likeness (QED) is 0.671. The molecule has 3 saturated heterocycles. The van der Waals surface area contributed by atoms with E-state index in [4.69, 9.17) is 9.57 Å². The molecule has 1 saturated carbocycles. The summed E-state index contributed by atoms with van der Waals surface area (Å²) in [6, 6.07) is 0.363. The number of amides is 1. The van der Waals surface area contributed by atoms with Crippen molar-refractivity contribution in [1.82, 2.24) is 21.2 Å². The van der Waals surface area contributed by atoms with Gasteiger partial charge in [-0.2, -0.15) is 5.48 Å². The predicted molar refractivity (Wildman–Crippen MR) is 103 cm³/mol. The van der Waals surface area contributed by atoms with Crippen LogP contribution in [0.15, 0.2) is 0 Å². The lowest BCUT2D eigenvalue weighted by atomic mass is 9.89. The van der Waals surface area contributed by atoms with E-state index < -0.39 is 0 Å². The molecule has 4 fully saturated rings. The second kappa shape index (κ2) is 8.74. The number of hydrazine groups is 1. The van der Waals surface area contributed by atoms with Crippen molar-refractivity contribution in [2.75, 3.05) is 13.2 Å². The van der Waals surface area contributed by atoms with Gasteiger partial charge in [-0.05, 0) is 45.4 Å². The van der Waals surface area contributed by atoms with Crippen molar-refractivity contribution in [3.8, 4) is 0 Å². The number of hydroxylamine groups is 1. The molecule has 154 valence electrons. The van der Waals surface area contributed by atoms with Crippen LogP contribution in [0.2, 0.25) is 0 Å². The van der Waals surface area contributed by atoms with Gasteiger partial charge in [0.15, 0.2) is 0 Å². The van der Waals surface area contributed by atoms with E-state index >= 15 is 0 Å². The molecule has 4 aliphatic rings. The third-order valence-electron chi connectivity index (χ3n) is 6.93. The van der Waals surface area contributed by atoms with Crippen LogP contribution in [0.1, 0.15) is 65.2 Å². The minimum atomic E-state index is -0.286. The van der Waals surface area contributed by atoms with E-state index in [9.17, 15) is 4.79 Å². The lowest BCUT2D eigenvalue weighted by molar-refractivity contribution is -0.125. The van der Waals surface area contributed by atoms with E-state index in [1.807, 2.05) is 0 Å². The average molecular weight is 381 g/mol. The number of rotatable bonds is 5. The zero-order chi connectivity index (χ0) is 18.8. The van der Waals surface area contributed by atoms with Crippen molar-refractivity contribution < 1.29 is 14.4 Å². The Morgan fingerprint density at radius 1 is 1.11 bits per heavy atom. The van der Waals surface area contributed by atoms with Crippen LogP contribution in [-0.4, -0.2) is 60.4 Å². The highest BCUT2D eigenvalue weighted by Crippen LogP contribution is 2.27. The van der Waals surface area contributed by atoms with Gasteiger partial charge in [-0.25, -0.2) is 10.4 Å². The number of ether oxygens (including phenoxy) is 1. The van der Waals surface area contributed by atoms with Gasteiger partial charge < -0.3 is 10.1 Å². The molecule has 27 heavy (non-hydrogen) atoms. The van der Waals surface area contributed by atoms with E-state index in [-0.39, 0.29) is 36.2 Å². The summed E-state index contributed by atoms with van der Waals surface area (Å²) in [4.78, 5) is 18.5. The molecule has 0 radical (unpaired) electrons. The fourth-order valence-corrected chi connectivity index (χ4v) is 5.23. The first-order chi connectivity index (χ1) is 13.1. The van der Waals surface area contributed by atoms with Gasteiger partial charge in [-0.3, -0.25) is 9.63 Å². The Balaban J connectivity index is 1.27. The lowest BCUT2D eigenvalue weighted by Gasteiger charge is -2.30. The van der Waals surface area contributed by atoms with Gasteiger partial charge in [-0.15, -0.1) is 0 Å². The zero-order valence-corrected chi connectivity index (χ0v) is 16.8. The Bertz CT molecular complexity index is 507. The number of nitrogens with one attached hydrogen (secondary N) is 3. The number of hydrogen-bond acceptors (Lipinski definition) is 6. The average Bonchev–Trinajstić information content (AvgIpc) is 3.40. The van der Waals surface area contributed by atoms with Gasteiger partial charge in [-0.1, -0.05) is 19.3 Å². The summed E-state index contributed by atoms with van der Waals surface area (Å²) in [5, 5.41) is 5.63. The Hall–Kier alpha value is -0.730. The normalized spacial score (nSPS) is 41.3. The van der Waals surface area contributed by atoms with Gasteiger partial charge in [0.1, 0.15) is 12.1 Å². The molecule has 3 N–H and O–H groups in total. The molecule has 0 aromatic rings. The van der Waals surface area contributed by atoms with Crippen molar-refractivity contribution >= 4 is 5.91 Å². The smallest absolute Gasteiger partial charge is 0.239 e. The molecule has 1 amide bonds. The predicted octanol–water partition coefficient (Wildman–Crippen LogP) is 1.49. The zero-order valence-electron chi connectivity index (χ0n) is 16.8. The van der Waals surface area contributed by atoms with Crippen LogP contribution >= 0.6 is 0 Å². The van der Waals surface area contributed by atoms with Crippen LogP contribution in [0.5, 0.6) is 0 Å². The standard InChI is InChI=1S/C20H36N4O3/c1-13-19(14(2)24(22-13)12-15-7-4-3-5-8-15)21-20(25)16-11-18(27-23-16)17-9-6-10-26-17/h13-19,22-23H,3-12H2,1-2H3,(H,21,25). The van der Waals surface area contributed by atoms with Gasteiger partial charge in [0.05, 0.1) is 12.1 Å². The van der Waals surface area contributed by atoms with E-state index in [1.54, 1.807) is 0 Å². The van der Waals surface area contributed by atoms with Gasteiger partial charge in [0, 0.05) is 31.7 Å². The molecule has 6 atom stereocenters. The maximum absolute atomic E-state index is 12.8. The Morgan fingerprint density at radius 2 is 1.93 bits per heavy atom. The summed E-state index contributed by atoms with van der Waals surface area (Å²) in [6.45, 7) is 6.28. The van der Waals surface area contributed by atoms with Crippen molar-refractivity contribution in [3.63, 3.8) is 0 Å². The summed E-state index contributed by atoms with van der Waals surface area (Å²) >= 11 is 0. The van der Waals surface area contributed by atoms with E-state index in [1.165, 1.54) is 32.1 Å². The highest BCUT2D eigenvalue weighted by atomic mass is 16.7. The second-order valence-electron chi connectivity index (χ2n) is 8.96. The summed E-state index contributed by atoms with van der Waals surface area (Å²) in [5.74, 6) is 0.827. The Labute approximate surface area is 162 Å². The molecule has 6 unspecified atom stereocenters. The van der Waals surface area contributed by atoms with Crippen molar-refractivity contribution in [3.05, 3.63) is 0 Å². The van der Waals surface area contributed by atoms with Crippen LogP contribution < -0.4 is 16.2 Å². The maximum Gasteiger partial charge on any atom is 0.239 e. The van der Waals surface area contributed by atoms with Crippen molar-refractivity contribution in [2.45, 2.75) is 102 Å². The molecule has 0 aromatic heterocycles. The van der Waals surface area contributed by atoms with E-state index in [2.05, 4.69) is 35.1 Å². The largest absolute Gasteiger partial charge is 0.375 e.